The minimum Gasteiger partial charge on any atom is -0.479 e. The molecule has 0 aromatic carbocycles. The van der Waals surface area contributed by atoms with E-state index in [0.29, 0.717) is 29.2 Å². The lowest BCUT2D eigenvalue weighted by Crippen LogP contribution is -2.25. The molecule has 0 aliphatic heterocycles. The topological polar surface area (TPSA) is 86.9 Å². The molecule has 0 aliphatic carbocycles. The lowest BCUT2D eigenvalue weighted by atomic mass is 10.3. The number of carbonyl (C=O) groups is 1. The molecule has 0 spiro atoms. The van der Waals surface area contributed by atoms with Gasteiger partial charge in [0.25, 0.3) is 0 Å². The molecule has 0 unspecified atom stereocenters. The summed E-state index contributed by atoms with van der Waals surface area (Å²) < 4.78 is 8.73. The van der Waals surface area contributed by atoms with E-state index in [0.717, 1.165) is 12.0 Å². The Bertz CT molecular complexity index is 651. The Morgan fingerprint density at radius 2 is 2.18 bits per heavy atom. The van der Waals surface area contributed by atoms with E-state index in [1.165, 1.54) is 11.8 Å². The molecule has 9 heteroatoms. The second-order valence-electron chi connectivity index (χ2n) is 4.73. The number of aryl methyl sites for hydroxylation is 1. The summed E-state index contributed by atoms with van der Waals surface area (Å²) in [6.45, 7) is 2.71. The Kier molecular flexibility index (Phi) is 5.42. The number of carbonyl (C=O) groups excluding carboxylic acids is 1. The molecule has 0 saturated heterocycles. The second kappa shape index (κ2) is 7.30. The first kappa shape index (κ1) is 16.3. The van der Waals surface area contributed by atoms with Crippen molar-refractivity contribution < 1.29 is 9.53 Å². The van der Waals surface area contributed by atoms with Gasteiger partial charge in [-0.3, -0.25) is 9.48 Å². The highest BCUT2D eigenvalue weighted by atomic mass is 32.2. The van der Waals surface area contributed by atoms with E-state index < -0.39 is 0 Å². The van der Waals surface area contributed by atoms with Crippen LogP contribution in [0, 0.1) is 0 Å². The van der Waals surface area contributed by atoms with Gasteiger partial charge in [-0.1, -0.05) is 18.7 Å². The Balaban J connectivity index is 2.11. The van der Waals surface area contributed by atoms with E-state index in [1.54, 1.807) is 11.8 Å². The van der Waals surface area contributed by atoms with Gasteiger partial charge in [0.1, 0.15) is 5.56 Å². The highest BCUT2D eigenvalue weighted by Gasteiger charge is 2.18. The number of rotatable bonds is 7. The Hall–Kier alpha value is -2.03. The molecule has 2 aromatic rings. The zero-order valence-electron chi connectivity index (χ0n) is 13.2. The maximum absolute atomic E-state index is 11.6. The molecule has 0 fully saturated rings. The fourth-order valence-electron chi connectivity index (χ4n) is 1.89. The summed E-state index contributed by atoms with van der Waals surface area (Å²) in [7, 11) is 5.24. The number of nitrogens with one attached hydrogen (secondary N) is 1. The van der Waals surface area contributed by atoms with Crippen LogP contribution in [0.5, 0.6) is 5.88 Å². The molecule has 0 saturated carbocycles. The van der Waals surface area contributed by atoms with Crippen LogP contribution < -0.4 is 10.1 Å². The Labute approximate surface area is 133 Å². The molecule has 0 bridgehead atoms. The quantitative estimate of drug-likeness (QED) is 0.760. The summed E-state index contributed by atoms with van der Waals surface area (Å²) in [6.07, 6.45) is 2.75. The first-order valence-electron chi connectivity index (χ1n) is 6.93. The fraction of sp³-hybridized carbons (Fsp3) is 0.538. The monoisotopic (exact) mass is 324 g/mol. The third-order valence-electron chi connectivity index (χ3n) is 2.97. The normalized spacial score (nSPS) is 10.7. The SMILES string of the molecule is CCCNC(=O)CSc1nnc(-c2cn(C)nc2OC)n1C. The van der Waals surface area contributed by atoms with Crippen LogP contribution in [0.15, 0.2) is 11.4 Å². The smallest absolute Gasteiger partial charge is 0.243 e. The van der Waals surface area contributed by atoms with Crippen molar-refractivity contribution in [2.75, 3.05) is 19.4 Å². The molecule has 2 heterocycles. The number of amides is 1. The van der Waals surface area contributed by atoms with Gasteiger partial charge in [-0.15, -0.1) is 15.3 Å². The van der Waals surface area contributed by atoms with Crippen molar-refractivity contribution in [2.45, 2.75) is 18.5 Å². The number of thioether (sulfide) groups is 1. The second-order valence-corrected chi connectivity index (χ2v) is 5.67. The average Bonchev–Trinajstić information content (AvgIpc) is 3.05. The molecular weight excluding hydrogens is 304 g/mol. The highest BCUT2D eigenvalue weighted by molar-refractivity contribution is 7.99. The van der Waals surface area contributed by atoms with Crippen LogP contribution in [0.3, 0.4) is 0 Å². The Morgan fingerprint density at radius 1 is 1.41 bits per heavy atom. The van der Waals surface area contributed by atoms with E-state index in [4.69, 9.17) is 4.74 Å². The molecular formula is C13H20N6O2S. The molecule has 0 radical (unpaired) electrons. The molecule has 22 heavy (non-hydrogen) atoms. The van der Waals surface area contributed by atoms with E-state index in [2.05, 4.69) is 20.6 Å². The summed E-state index contributed by atoms with van der Waals surface area (Å²) >= 11 is 1.35. The predicted octanol–water partition coefficient (Wildman–Crippen LogP) is 0.842. The molecule has 120 valence electrons. The summed E-state index contributed by atoms with van der Waals surface area (Å²) in [4.78, 5) is 11.6. The van der Waals surface area contributed by atoms with Gasteiger partial charge in [0.2, 0.25) is 11.8 Å². The number of aromatic nitrogens is 5. The van der Waals surface area contributed by atoms with Crippen LogP contribution in [0.1, 0.15) is 13.3 Å². The van der Waals surface area contributed by atoms with Gasteiger partial charge in [-0.2, -0.15) is 0 Å². The number of nitrogens with zero attached hydrogens (tertiary/aromatic N) is 5. The average molecular weight is 324 g/mol. The fourth-order valence-corrected chi connectivity index (χ4v) is 2.63. The third-order valence-corrected chi connectivity index (χ3v) is 3.99. The molecule has 1 N–H and O–H groups in total. The summed E-state index contributed by atoms with van der Waals surface area (Å²) in [5.41, 5.74) is 0.766. The largest absolute Gasteiger partial charge is 0.479 e. The van der Waals surface area contributed by atoms with Gasteiger partial charge >= 0.3 is 0 Å². The van der Waals surface area contributed by atoms with Crippen LogP contribution in [-0.2, 0) is 18.9 Å². The van der Waals surface area contributed by atoms with Crippen molar-refractivity contribution in [3.05, 3.63) is 6.20 Å². The van der Waals surface area contributed by atoms with Crippen molar-refractivity contribution >= 4 is 17.7 Å². The van der Waals surface area contributed by atoms with Crippen molar-refractivity contribution in [1.29, 1.82) is 0 Å². The van der Waals surface area contributed by atoms with Gasteiger partial charge in [0.15, 0.2) is 11.0 Å². The van der Waals surface area contributed by atoms with Gasteiger partial charge in [0, 0.05) is 26.8 Å². The lowest BCUT2D eigenvalue weighted by Gasteiger charge is -2.04. The maximum atomic E-state index is 11.6. The third kappa shape index (κ3) is 3.59. The molecule has 2 aromatic heterocycles. The molecule has 2 rings (SSSR count). The minimum atomic E-state index is -0.00430. The van der Waals surface area contributed by atoms with Crippen LogP contribution in [0.25, 0.3) is 11.4 Å². The molecule has 0 atom stereocenters. The van der Waals surface area contributed by atoms with Gasteiger partial charge in [-0.05, 0) is 6.42 Å². The van der Waals surface area contributed by atoms with Crippen LogP contribution in [0.4, 0.5) is 0 Å². The van der Waals surface area contributed by atoms with E-state index in [-0.39, 0.29) is 5.91 Å². The summed E-state index contributed by atoms with van der Waals surface area (Å²) in [5.74, 6) is 1.46. The van der Waals surface area contributed by atoms with Crippen molar-refractivity contribution in [2.24, 2.45) is 14.1 Å². The van der Waals surface area contributed by atoms with Gasteiger partial charge in [0.05, 0.1) is 12.9 Å². The maximum Gasteiger partial charge on any atom is 0.243 e. The van der Waals surface area contributed by atoms with Gasteiger partial charge < -0.3 is 14.6 Å². The number of methoxy groups -OCH3 is 1. The first-order chi connectivity index (χ1) is 10.6. The van der Waals surface area contributed by atoms with E-state index >= 15 is 0 Å². The van der Waals surface area contributed by atoms with E-state index in [1.807, 2.05) is 31.8 Å². The molecule has 0 aliphatic rings. The van der Waals surface area contributed by atoms with Crippen LogP contribution >= 0.6 is 11.8 Å². The lowest BCUT2D eigenvalue weighted by molar-refractivity contribution is -0.118. The standard InChI is InChI=1S/C13H20N6O2S/c1-5-6-14-10(20)8-22-13-16-15-11(19(13)3)9-7-18(2)17-12(9)21-4/h7H,5-6,8H2,1-4H3,(H,14,20). The zero-order chi connectivity index (χ0) is 16.1. The molecule has 8 nitrogen and oxygen atoms in total. The van der Waals surface area contributed by atoms with Crippen molar-refractivity contribution in [3.8, 4) is 17.3 Å². The first-order valence-corrected chi connectivity index (χ1v) is 7.92. The van der Waals surface area contributed by atoms with Crippen LogP contribution in [0.2, 0.25) is 0 Å². The van der Waals surface area contributed by atoms with E-state index in [9.17, 15) is 4.79 Å². The van der Waals surface area contributed by atoms with Crippen molar-refractivity contribution in [1.82, 2.24) is 29.9 Å². The summed E-state index contributed by atoms with van der Waals surface area (Å²) in [5, 5.41) is 16.0. The number of ether oxygens (including phenoxy) is 1. The van der Waals surface area contributed by atoms with Crippen LogP contribution in [-0.4, -0.2) is 49.9 Å². The minimum absolute atomic E-state index is 0.00430. The predicted molar refractivity (Wildman–Crippen MR) is 83.8 cm³/mol. The number of hydrogen-bond acceptors (Lipinski definition) is 6. The highest BCUT2D eigenvalue weighted by Crippen LogP contribution is 2.28. The Morgan fingerprint density at radius 3 is 2.86 bits per heavy atom. The molecule has 1 amide bonds. The zero-order valence-corrected chi connectivity index (χ0v) is 14.0. The van der Waals surface area contributed by atoms with Gasteiger partial charge in [-0.25, -0.2) is 0 Å². The number of hydrogen-bond donors (Lipinski definition) is 1. The van der Waals surface area contributed by atoms with Crippen molar-refractivity contribution in [3.63, 3.8) is 0 Å². The summed E-state index contributed by atoms with van der Waals surface area (Å²) in [6, 6.07) is 0.